The Morgan fingerprint density at radius 1 is 1.67 bits per heavy atom. The van der Waals surface area contributed by atoms with E-state index in [1.165, 1.54) is 0 Å². The predicted octanol–water partition coefficient (Wildman–Crippen LogP) is -1.20. The van der Waals surface area contributed by atoms with Gasteiger partial charge in [0.2, 0.25) is 0 Å². The molecular weight excluding hydrogens is 116 g/mol. The van der Waals surface area contributed by atoms with Crippen LogP contribution in [0.4, 0.5) is 0 Å². The molecule has 0 saturated heterocycles. The molecule has 4 N–H and O–H groups in total. The number of rotatable bonds is 0. The van der Waals surface area contributed by atoms with E-state index < -0.39 is 5.60 Å². The minimum atomic E-state index is -0.399. The maximum absolute atomic E-state index is 5.54. The highest BCUT2D eigenvalue weighted by Gasteiger charge is 2.32. The average molecular weight is 127 g/mol. The summed E-state index contributed by atoms with van der Waals surface area (Å²) in [5, 5.41) is 5.34. The largest absolute Gasteiger partial charge is 0.432 e. The van der Waals surface area contributed by atoms with Gasteiger partial charge in [-0.15, -0.1) is 0 Å². The molecule has 1 heterocycles. The van der Waals surface area contributed by atoms with E-state index in [2.05, 4.69) is 0 Å². The molecule has 1 aliphatic heterocycles. The Kier molecular flexibility index (Phi) is 1.02. The standard InChI is InChI=1S/C6H10N2O/c1-6(2)4(7)3-5(8)9-6/h3,8H,7H2,1-2H3/p+1. The minimum Gasteiger partial charge on any atom is -0.432 e. The van der Waals surface area contributed by atoms with E-state index in [1.54, 1.807) is 6.08 Å². The first-order valence-electron chi connectivity index (χ1n) is 2.81. The Hall–Kier alpha value is -0.990. The SMILES string of the molecule is CC1(C)OC(=[NH2+])C=C1N. The lowest BCUT2D eigenvalue weighted by Crippen LogP contribution is -2.41. The fourth-order valence-electron chi connectivity index (χ4n) is 0.710. The second-order valence-electron chi connectivity index (χ2n) is 2.61. The van der Waals surface area contributed by atoms with Gasteiger partial charge in [0.1, 0.15) is 5.60 Å². The monoisotopic (exact) mass is 127 g/mol. The highest BCUT2D eigenvalue weighted by atomic mass is 16.5. The minimum absolute atomic E-state index is 0.399. The smallest absolute Gasteiger partial charge is 0.361 e. The fraction of sp³-hybridized carbons (Fsp3) is 0.500. The molecule has 50 valence electrons. The van der Waals surface area contributed by atoms with E-state index in [0.29, 0.717) is 11.6 Å². The van der Waals surface area contributed by atoms with Gasteiger partial charge in [0, 0.05) is 0 Å². The van der Waals surface area contributed by atoms with Crippen molar-refractivity contribution < 1.29 is 10.1 Å². The zero-order valence-electron chi connectivity index (χ0n) is 5.64. The van der Waals surface area contributed by atoms with Crippen molar-refractivity contribution in [3.8, 4) is 0 Å². The zero-order valence-corrected chi connectivity index (χ0v) is 5.64. The molecule has 3 nitrogen and oxygen atoms in total. The summed E-state index contributed by atoms with van der Waals surface area (Å²) in [5.74, 6) is 0.400. The van der Waals surface area contributed by atoms with Crippen molar-refractivity contribution in [3.05, 3.63) is 11.8 Å². The lowest BCUT2D eigenvalue weighted by Gasteiger charge is -2.16. The van der Waals surface area contributed by atoms with Crippen molar-refractivity contribution >= 4 is 5.90 Å². The molecule has 0 aromatic rings. The average Bonchev–Trinajstić information content (AvgIpc) is 1.79. The first-order valence-corrected chi connectivity index (χ1v) is 2.81. The molecule has 0 fully saturated rings. The van der Waals surface area contributed by atoms with E-state index >= 15 is 0 Å². The van der Waals surface area contributed by atoms with Crippen LogP contribution in [0.5, 0.6) is 0 Å². The van der Waals surface area contributed by atoms with Gasteiger partial charge in [-0.2, -0.15) is 0 Å². The van der Waals surface area contributed by atoms with Gasteiger partial charge in [-0.05, 0) is 13.8 Å². The van der Waals surface area contributed by atoms with Crippen LogP contribution in [0.15, 0.2) is 11.8 Å². The number of nitrogens with two attached hydrogens (primary N) is 2. The molecule has 0 bridgehead atoms. The van der Waals surface area contributed by atoms with Crippen LogP contribution < -0.4 is 11.1 Å². The Morgan fingerprint density at radius 2 is 2.22 bits per heavy atom. The summed E-state index contributed by atoms with van der Waals surface area (Å²) in [6.07, 6.45) is 1.64. The van der Waals surface area contributed by atoms with Gasteiger partial charge < -0.3 is 10.5 Å². The second-order valence-corrected chi connectivity index (χ2v) is 2.61. The summed E-state index contributed by atoms with van der Waals surface area (Å²) in [5.41, 5.74) is 5.82. The lowest BCUT2D eigenvalue weighted by molar-refractivity contribution is -0.143. The van der Waals surface area contributed by atoms with Crippen LogP contribution in [-0.4, -0.2) is 11.5 Å². The summed E-state index contributed by atoms with van der Waals surface area (Å²) in [6, 6.07) is 0. The van der Waals surface area contributed by atoms with Crippen LogP contribution in [0.2, 0.25) is 0 Å². The van der Waals surface area contributed by atoms with Gasteiger partial charge in [-0.25, -0.2) is 5.41 Å². The molecule has 1 rings (SSSR count). The van der Waals surface area contributed by atoms with Gasteiger partial charge in [0.25, 0.3) is 0 Å². The molecule has 0 aliphatic carbocycles. The van der Waals surface area contributed by atoms with Gasteiger partial charge >= 0.3 is 5.90 Å². The first kappa shape index (κ1) is 6.13. The van der Waals surface area contributed by atoms with E-state index in [9.17, 15) is 0 Å². The van der Waals surface area contributed by atoms with Gasteiger partial charge in [-0.1, -0.05) is 0 Å². The van der Waals surface area contributed by atoms with Gasteiger partial charge in [-0.3, -0.25) is 0 Å². The highest BCUT2D eigenvalue weighted by Crippen LogP contribution is 2.21. The molecule has 3 heteroatoms. The van der Waals surface area contributed by atoms with Crippen LogP contribution in [0.1, 0.15) is 13.8 Å². The summed E-state index contributed by atoms with van der Waals surface area (Å²) in [7, 11) is 0. The molecular formula is C6H11N2O+. The fourth-order valence-corrected chi connectivity index (χ4v) is 0.710. The normalized spacial score (nSPS) is 23.3. The summed E-state index contributed by atoms with van der Waals surface area (Å²) in [4.78, 5) is 0. The molecule has 0 amide bonds. The molecule has 0 aromatic heterocycles. The second kappa shape index (κ2) is 1.50. The summed E-state index contributed by atoms with van der Waals surface area (Å²) >= 11 is 0. The molecule has 0 spiro atoms. The first-order chi connectivity index (χ1) is 4.02. The van der Waals surface area contributed by atoms with Crippen molar-refractivity contribution in [3.63, 3.8) is 0 Å². The van der Waals surface area contributed by atoms with Gasteiger partial charge in [0.15, 0.2) is 0 Å². The topological polar surface area (TPSA) is 60.8 Å². The third-order valence-corrected chi connectivity index (χ3v) is 1.37. The number of ether oxygens (including phenoxy) is 1. The molecule has 0 atom stereocenters. The third-order valence-electron chi connectivity index (χ3n) is 1.37. The van der Waals surface area contributed by atoms with Crippen LogP contribution in [-0.2, 0) is 4.74 Å². The number of hydrogen-bond acceptors (Lipinski definition) is 2. The van der Waals surface area contributed by atoms with Crippen molar-refractivity contribution in [1.82, 2.24) is 0 Å². The van der Waals surface area contributed by atoms with Crippen LogP contribution in [0, 0.1) is 0 Å². The predicted molar refractivity (Wildman–Crippen MR) is 34.4 cm³/mol. The van der Waals surface area contributed by atoms with Crippen molar-refractivity contribution in [2.24, 2.45) is 5.73 Å². The van der Waals surface area contributed by atoms with Crippen molar-refractivity contribution in [2.75, 3.05) is 0 Å². The maximum Gasteiger partial charge on any atom is 0.361 e. The Bertz CT molecular complexity index is 181. The van der Waals surface area contributed by atoms with E-state index in [4.69, 9.17) is 15.9 Å². The lowest BCUT2D eigenvalue weighted by atomic mass is 10.1. The molecule has 9 heavy (non-hydrogen) atoms. The Balaban J connectivity index is 2.89. The van der Waals surface area contributed by atoms with E-state index in [-0.39, 0.29) is 0 Å². The highest BCUT2D eigenvalue weighted by molar-refractivity contribution is 5.86. The van der Waals surface area contributed by atoms with Gasteiger partial charge in [0.05, 0.1) is 11.8 Å². The molecule has 0 unspecified atom stereocenters. The molecule has 0 saturated carbocycles. The van der Waals surface area contributed by atoms with Crippen LogP contribution in [0.25, 0.3) is 0 Å². The van der Waals surface area contributed by atoms with Crippen molar-refractivity contribution in [2.45, 2.75) is 19.4 Å². The Labute approximate surface area is 54.0 Å². The summed E-state index contributed by atoms with van der Waals surface area (Å²) in [6.45, 7) is 3.75. The number of hydrogen-bond donors (Lipinski definition) is 2. The molecule has 1 aliphatic rings. The molecule has 0 radical (unpaired) electrons. The van der Waals surface area contributed by atoms with Crippen LogP contribution >= 0.6 is 0 Å². The van der Waals surface area contributed by atoms with E-state index in [0.717, 1.165) is 0 Å². The molecule has 0 aromatic carbocycles. The van der Waals surface area contributed by atoms with E-state index in [1.807, 2.05) is 13.8 Å². The third kappa shape index (κ3) is 0.896. The quantitative estimate of drug-likeness (QED) is 0.429. The Morgan fingerprint density at radius 3 is 2.33 bits per heavy atom. The van der Waals surface area contributed by atoms with Crippen molar-refractivity contribution in [1.29, 1.82) is 0 Å². The maximum atomic E-state index is 5.54. The summed E-state index contributed by atoms with van der Waals surface area (Å²) < 4.78 is 5.14. The zero-order chi connectivity index (χ0) is 7.07. The van der Waals surface area contributed by atoms with Crippen LogP contribution in [0.3, 0.4) is 0 Å².